The lowest BCUT2D eigenvalue weighted by Crippen LogP contribution is -2.42. The number of hydrogen-bond donors (Lipinski definition) is 3. The summed E-state index contributed by atoms with van der Waals surface area (Å²) >= 11 is 0. The molecule has 8 nitrogen and oxygen atoms in total. The molecular formula is C19H22FN3O5. The minimum absolute atomic E-state index is 0.215. The summed E-state index contributed by atoms with van der Waals surface area (Å²) in [6, 6.07) is 6.50. The van der Waals surface area contributed by atoms with Crippen molar-refractivity contribution in [3.05, 3.63) is 47.6 Å². The number of aromatic nitrogens is 1. The smallest absolute Gasteiger partial charge is 0.258 e. The molecule has 1 aromatic heterocycles. The quantitative estimate of drug-likeness (QED) is 0.651. The number of carbonyl (C=O) groups excluding carboxylic acids is 2. The molecule has 1 aliphatic rings. The molecule has 2 aromatic rings. The van der Waals surface area contributed by atoms with Crippen molar-refractivity contribution >= 4 is 11.8 Å². The normalized spacial score (nSPS) is 21.3. The van der Waals surface area contributed by atoms with E-state index in [1.54, 1.807) is 13.0 Å². The molecule has 1 fully saturated rings. The molecule has 0 unspecified atom stereocenters. The molecule has 1 aliphatic carbocycles. The van der Waals surface area contributed by atoms with Crippen LogP contribution in [0.1, 0.15) is 24.3 Å². The Bertz CT molecular complexity index is 823. The Morgan fingerprint density at radius 1 is 1.32 bits per heavy atom. The Balaban J connectivity index is 1.42. The Morgan fingerprint density at radius 2 is 2.07 bits per heavy atom. The van der Waals surface area contributed by atoms with Crippen molar-refractivity contribution in [2.24, 2.45) is 5.92 Å². The minimum atomic E-state index is -0.821. The zero-order chi connectivity index (χ0) is 20.1. The van der Waals surface area contributed by atoms with Crippen LogP contribution in [-0.2, 0) is 16.1 Å². The van der Waals surface area contributed by atoms with Crippen LogP contribution in [0, 0.1) is 18.7 Å². The van der Waals surface area contributed by atoms with Gasteiger partial charge in [-0.25, -0.2) is 4.39 Å². The first-order valence-electron chi connectivity index (χ1n) is 8.96. The van der Waals surface area contributed by atoms with Gasteiger partial charge in [-0.2, -0.15) is 0 Å². The van der Waals surface area contributed by atoms with Crippen molar-refractivity contribution in [2.75, 3.05) is 6.61 Å². The third-order valence-corrected chi connectivity index (χ3v) is 4.54. The molecule has 1 heterocycles. The lowest BCUT2D eigenvalue weighted by atomic mass is 10.1. The molecular weight excluding hydrogens is 369 g/mol. The van der Waals surface area contributed by atoms with Gasteiger partial charge in [0.1, 0.15) is 11.6 Å². The first-order valence-corrected chi connectivity index (χ1v) is 8.96. The summed E-state index contributed by atoms with van der Waals surface area (Å²) < 4.78 is 23.2. The van der Waals surface area contributed by atoms with E-state index in [-0.39, 0.29) is 25.5 Å². The highest BCUT2D eigenvalue weighted by Gasteiger charge is 2.37. The van der Waals surface area contributed by atoms with Gasteiger partial charge in [-0.1, -0.05) is 5.16 Å². The number of nitrogens with zero attached hydrogens (tertiary/aromatic N) is 1. The third-order valence-electron chi connectivity index (χ3n) is 4.54. The lowest BCUT2D eigenvalue weighted by molar-refractivity contribution is -0.126. The summed E-state index contributed by atoms with van der Waals surface area (Å²) in [5.41, 5.74) is 0.728. The van der Waals surface area contributed by atoms with Crippen LogP contribution in [0.4, 0.5) is 4.39 Å². The topological polar surface area (TPSA) is 114 Å². The Morgan fingerprint density at radius 3 is 2.75 bits per heavy atom. The summed E-state index contributed by atoms with van der Waals surface area (Å²) in [4.78, 5) is 24.3. The maximum atomic E-state index is 12.8. The van der Waals surface area contributed by atoms with Crippen molar-refractivity contribution < 1.29 is 28.3 Å². The monoisotopic (exact) mass is 391 g/mol. The van der Waals surface area contributed by atoms with Crippen LogP contribution in [0.5, 0.6) is 5.75 Å². The average molecular weight is 391 g/mol. The van der Waals surface area contributed by atoms with Crippen LogP contribution in [0.15, 0.2) is 34.9 Å². The van der Waals surface area contributed by atoms with Crippen molar-refractivity contribution in [2.45, 2.75) is 38.5 Å². The first kappa shape index (κ1) is 19.8. The zero-order valence-corrected chi connectivity index (χ0v) is 15.4. The Kier molecular flexibility index (Phi) is 6.25. The maximum Gasteiger partial charge on any atom is 0.258 e. The summed E-state index contributed by atoms with van der Waals surface area (Å²) in [7, 11) is 0. The molecule has 3 atom stereocenters. The summed E-state index contributed by atoms with van der Waals surface area (Å²) in [6.45, 7) is 1.74. The van der Waals surface area contributed by atoms with E-state index < -0.39 is 29.8 Å². The number of rotatable bonds is 7. The fourth-order valence-corrected chi connectivity index (χ4v) is 3.13. The molecule has 0 radical (unpaired) electrons. The number of aliphatic hydroxyl groups excluding tert-OH is 1. The van der Waals surface area contributed by atoms with Crippen molar-refractivity contribution in [3.8, 4) is 5.75 Å². The molecule has 28 heavy (non-hydrogen) atoms. The number of nitrogens with one attached hydrogen (secondary N) is 2. The van der Waals surface area contributed by atoms with Gasteiger partial charge in [0.05, 0.1) is 24.4 Å². The highest BCUT2D eigenvalue weighted by Crippen LogP contribution is 2.26. The second kappa shape index (κ2) is 8.83. The molecule has 3 rings (SSSR count). The van der Waals surface area contributed by atoms with Crippen LogP contribution in [-0.4, -0.2) is 40.8 Å². The van der Waals surface area contributed by atoms with Gasteiger partial charge in [0.25, 0.3) is 5.91 Å². The second-order valence-corrected chi connectivity index (χ2v) is 6.80. The van der Waals surface area contributed by atoms with Crippen LogP contribution in [0.3, 0.4) is 0 Å². The predicted molar refractivity (Wildman–Crippen MR) is 95.6 cm³/mol. The second-order valence-electron chi connectivity index (χ2n) is 6.80. The predicted octanol–water partition coefficient (Wildman–Crippen LogP) is 1.07. The fourth-order valence-electron chi connectivity index (χ4n) is 3.13. The van der Waals surface area contributed by atoms with Gasteiger partial charge in [-0.15, -0.1) is 0 Å². The van der Waals surface area contributed by atoms with Gasteiger partial charge in [-0.3, -0.25) is 9.59 Å². The van der Waals surface area contributed by atoms with Crippen LogP contribution in [0.25, 0.3) is 0 Å². The molecule has 0 aliphatic heterocycles. The van der Waals surface area contributed by atoms with Crippen molar-refractivity contribution in [1.82, 2.24) is 15.8 Å². The zero-order valence-electron chi connectivity index (χ0n) is 15.4. The molecule has 0 spiro atoms. The standard InChI is InChI=1S/C19H22FN3O5/c1-11-6-15(28-23-11)9-21-19(26)12-7-16(17(24)8-12)22-18(25)10-27-14-4-2-13(20)3-5-14/h2-6,12,16-17,24H,7-10H2,1H3,(H,21,26)(H,22,25)/t12-,16-,17-/m0/s1. The SMILES string of the molecule is Cc1cc(CNC(=O)[C@H]2C[C@H](NC(=O)COc3ccc(F)cc3)[C@@H](O)C2)on1. The average Bonchev–Trinajstić information content (AvgIpc) is 3.25. The van der Waals surface area contributed by atoms with E-state index in [4.69, 9.17) is 9.26 Å². The van der Waals surface area contributed by atoms with Crippen LogP contribution < -0.4 is 15.4 Å². The van der Waals surface area contributed by atoms with Crippen LogP contribution >= 0.6 is 0 Å². The Labute approximate surface area is 161 Å². The highest BCUT2D eigenvalue weighted by atomic mass is 19.1. The summed E-state index contributed by atoms with van der Waals surface area (Å²) in [6.07, 6.45) is -0.242. The number of ether oxygens (including phenoxy) is 1. The van der Waals surface area contributed by atoms with Gasteiger partial charge in [0.2, 0.25) is 5.91 Å². The van der Waals surface area contributed by atoms with E-state index in [0.29, 0.717) is 17.9 Å². The highest BCUT2D eigenvalue weighted by molar-refractivity contribution is 5.80. The number of aryl methyl sites for hydroxylation is 1. The molecule has 3 N–H and O–H groups in total. The van der Waals surface area contributed by atoms with Gasteiger partial charge >= 0.3 is 0 Å². The Hall–Kier alpha value is -2.94. The number of benzene rings is 1. The number of halogens is 1. The molecule has 1 aromatic carbocycles. The number of aliphatic hydroxyl groups is 1. The molecule has 0 bridgehead atoms. The fraction of sp³-hybridized carbons (Fsp3) is 0.421. The van der Waals surface area contributed by atoms with Crippen LogP contribution in [0.2, 0.25) is 0 Å². The number of amides is 2. The van der Waals surface area contributed by atoms with E-state index in [9.17, 15) is 19.1 Å². The summed E-state index contributed by atoms with van der Waals surface area (Å²) in [5, 5.41) is 19.3. The minimum Gasteiger partial charge on any atom is -0.484 e. The van der Waals surface area contributed by atoms with Gasteiger partial charge in [0, 0.05) is 12.0 Å². The van der Waals surface area contributed by atoms with E-state index >= 15 is 0 Å². The lowest BCUT2D eigenvalue weighted by Gasteiger charge is -2.16. The molecule has 1 saturated carbocycles. The largest absolute Gasteiger partial charge is 0.484 e. The number of carbonyl (C=O) groups is 2. The maximum absolute atomic E-state index is 12.8. The van der Waals surface area contributed by atoms with Gasteiger partial charge in [-0.05, 0) is 44.0 Å². The van der Waals surface area contributed by atoms with E-state index in [0.717, 1.165) is 5.69 Å². The van der Waals surface area contributed by atoms with E-state index in [1.807, 2.05) is 0 Å². The van der Waals surface area contributed by atoms with Crippen molar-refractivity contribution in [3.63, 3.8) is 0 Å². The van der Waals surface area contributed by atoms with E-state index in [2.05, 4.69) is 15.8 Å². The third kappa shape index (κ3) is 5.29. The van der Waals surface area contributed by atoms with E-state index in [1.165, 1.54) is 24.3 Å². The molecule has 9 heteroatoms. The molecule has 2 amide bonds. The van der Waals surface area contributed by atoms with Gasteiger partial charge < -0.3 is 25.0 Å². The number of hydrogen-bond acceptors (Lipinski definition) is 6. The molecule has 0 saturated heterocycles. The summed E-state index contributed by atoms with van der Waals surface area (Å²) in [5.74, 6) is -0.537. The van der Waals surface area contributed by atoms with Crippen molar-refractivity contribution in [1.29, 1.82) is 0 Å². The first-order chi connectivity index (χ1) is 13.4. The van der Waals surface area contributed by atoms with Gasteiger partial charge in [0.15, 0.2) is 12.4 Å². The molecule has 150 valence electrons.